The zero-order valence-electron chi connectivity index (χ0n) is 23.8. The Balaban J connectivity index is 2.22. The zero-order chi connectivity index (χ0) is 30.0. The average Bonchev–Trinajstić information content (AvgIpc) is 3.13. The van der Waals surface area contributed by atoms with Gasteiger partial charge in [-0.1, -0.05) is 50.8 Å². The van der Waals surface area contributed by atoms with Crippen molar-refractivity contribution in [1.82, 2.24) is 0 Å². The van der Waals surface area contributed by atoms with E-state index in [9.17, 15) is 29.1 Å². The van der Waals surface area contributed by atoms with Crippen molar-refractivity contribution < 1.29 is 43.3 Å². The van der Waals surface area contributed by atoms with Crippen LogP contribution in [0.4, 0.5) is 0 Å². The summed E-state index contributed by atoms with van der Waals surface area (Å²) >= 11 is 0. The molecule has 0 aliphatic heterocycles. The SMILES string of the molecule is C=C1[C@H](OC(C)=O)CC(=O)C(C)(C)C=C[C@H](C)C(=O)[C@@]2(O)C[C@H](C)[C@H](OC(=O)c3ccccc3)[C@@H]2[C@H]1OC(C)=O. The van der Waals surface area contributed by atoms with Crippen LogP contribution in [0, 0.1) is 23.2 Å². The van der Waals surface area contributed by atoms with Gasteiger partial charge in [-0.2, -0.15) is 0 Å². The third-order valence-electron chi connectivity index (χ3n) is 7.79. The molecular weight excluding hydrogens is 516 g/mol. The molecule has 0 amide bonds. The number of carbonyl (C=O) groups excluding carboxylic acids is 5. The van der Waals surface area contributed by atoms with Crippen LogP contribution in [0.3, 0.4) is 0 Å². The summed E-state index contributed by atoms with van der Waals surface area (Å²) in [6.45, 7) is 13.0. The molecule has 0 unspecified atom stereocenters. The molecule has 1 N–H and O–H groups in total. The van der Waals surface area contributed by atoms with Gasteiger partial charge in [0.15, 0.2) is 5.78 Å². The highest BCUT2D eigenvalue weighted by Gasteiger charge is 2.62. The summed E-state index contributed by atoms with van der Waals surface area (Å²) in [6, 6.07) is 8.22. The largest absolute Gasteiger partial charge is 0.458 e. The van der Waals surface area contributed by atoms with Crippen LogP contribution in [0.1, 0.15) is 64.7 Å². The minimum atomic E-state index is -2.11. The van der Waals surface area contributed by atoms with Gasteiger partial charge in [0, 0.05) is 37.2 Å². The molecule has 1 saturated carbocycles. The fourth-order valence-corrected chi connectivity index (χ4v) is 5.59. The Labute approximate surface area is 234 Å². The molecule has 2 aliphatic rings. The van der Waals surface area contributed by atoms with Gasteiger partial charge in [0.25, 0.3) is 0 Å². The molecule has 2 aliphatic carbocycles. The second-order valence-corrected chi connectivity index (χ2v) is 11.4. The number of ketones is 2. The molecule has 1 aromatic rings. The van der Waals surface area contributed by atoms with Gasteiger partial charge in [0.2, 0.25) is 0 Å². The zero-order valence-corrected chi connectivity index (χ0v) is 23.8. The van der Waals surface area contributed by atoms with E-state index in [2.05, 4.69) is 6.58 Å². The molecule has 216 valence electrons. The summed E-state index contributed by atoms with van der Waals surface area (Å²) in [5.74, 6) is -5.70. The second kappa shape index (κ2) is 11.9. The van der Waals surface area contributed by atoms with Gasteiger partial charge in [-0.3, -0.25) is 19.2 Å². The molecule has 0 bridgehead atoms. The van der Waals surface area contributed by atoms with E-state index in [4.69, 9.17) is 14.2 Å². The maximum Gasteiger partial charge on any atom is 0.338 e. The van der Waals surface area contributed by atoms with Gasteiger partial charge >= 0.3 is 17.9 Å². The maximum atomic E-state index is 13.9. The van der Waals surface area contributed by atoms with E-state index >= 15 is 0 Å². The molecule has 0 spiro atoms. The van der Waals surface area contributed by atoms with Crippen LogP contribution in [0.25, 0.3) is 0 Å². The highest BCUT2D eigenvalue weighted by Crippen LogP contribution is 2.48. The van der Waals surface area contributed by atoms with Crippen molar-refractivity contribution in [2.45, 2.75) is 78.3 Å². The average molecular weight is 555 g/mol. The van der Waals surface area contributed by atoms with Gasteiger partial charge in [-0.25, -0.2) is 4.79 Å². The fraction of sp³-hybridized carbons (Fsp3) is 0.516. The van der Waals surface area contributed by atoms with Gasteiger partial charge in [0.1, 0.15) is 29.7 Å². The van der Waals surface area contributed by atoms with Gasteiger partial charge in [-0.15, -0.1) is 0 Å². The van der Waals surface area contributed by atoms with E-state index in [1.54, 1.807) is 70.2 Å². The lowest BCUT2D eigenvalue weighted by Gasteiger charge is -2.40. The number of carbonyl (C=O) groups is 5. The molecule has 7 atom stereocenters. The Morgan fingerprint density at radius 3 is 2.15 bits per heavy atom. The number of allylic oxidation sites excluding steroid dienone is 2. The number of rotatable bonds is 4. The van der Waals surface area contributed by atoms with Crippen molar-refractivity contribution in [3.8, 4) is 0 Å². The van der Waals surface area contributed by atoms with Crippen LogP contribution < -0.4 is 0 Å². The fourth-order valence-electron chi connectivity index (χ4n) is 5.59. The van der Waals surface area contributed by atoms with E-state index in [1.807, 2.05) is 0 Å². The Morgan fingerprint density at radius 1 is 0.975 bits per heavy atom. The minimum Gasteiger partial charge on any atom is -0.458 e. The monoisotopic (exact) mass is 554 g/mol. The normalized spacial score (nSPS) is 32.3. The lowest BCUT2D eigenvalue weighted by atomic mass is 9.73. The van der Waals surface area contributed by atoms with Crippen LogP contribution in [-0.4, -0.2) is 58.5 Å². The molecule has 40 heavy (non-hydrogen) atoms. The first-order chi connectivity index (χ1) is 18.6. The summed E-state index contributed by atoms with van der Waals surface area (Å²) in [4.78, 5) is 64.8. The quantitative estimate of drug-likeness (QED) is 0.335. The first kappa shape index (κ1) is 30.9. The van der Waals surface area contributed by atoms with E-state index in [-0.39, 0.29) is 29.8 Å². The lowest BCUT2D eigenvalue weighted by Crippen LogP contribution is -2.55. The number of fused-ring (bicyclic) bond motifs is 1. The summed E-state index contributed by atoms with van der Waals surface area (Å²) in [6.07, 6.45) is -0.980. The Kier molecular flexibility index (Phi) is 9.19. The number of hydrogen-bond donors (Lipinski definition) is 1. The molecular formula is C31H38O9. The van der Waals surface area contributed by atoms with E-state index < -0.39 is 70.8 Å². The highest BCUT2D eigenvalue weighted by atomic mass is 16.6. The molecule has 1 fully saturated rings. The summed E-state index contributed by atoms with van der Waals surface area (Å²) in [7, 11) is 0. The van der Waals surface area contributed by atoms with Crippen LogP contribution in [-0.2, 0) is 33.4 Å². The Hall–Kier alpha value is -3.59. The molecule has 0 saturated heterocycles. The first-order valence-electron chi connectivity index (χ1n) is 13.4. The van der Waals surface area contributed by atoms with E-state index in [1.165, 1.54) is 6.92 Å². The van der Waals surface area contributed by atoms with E-state index in [0.29, 0.717) is 0 Å². The Morgan fingerprint density at radius 2 is 1.57 bits per heavy atom. The Bertz CT molecular complexity index is 1210. The predicted molar refractivity (Wildman–Crippen MR) is 145 cm³/mol. The molecule has 0 radical (unpaired) electrons. The van der Waals surface area contributed by atoms with Crippen LogP contribution >= 0.6 is 0 Å². The minimum absolute atomic E-state index is 0.00200. The molecule has 9 nitrogen and oxygen atoms in total. The van der Waals surface area contributed by atoms with Crippen molar-refractivity contribution in [3.05, 3.63) is 60.2 Å². The summed E-state index contributed by atoms with van der Waals surface area (Å²) in [5, 5.41) is 12.1. The standard InChI is InChI=1S/C31H38O9/c1-17-13-14-30(6,7)24(34)15-23(38-20(4)32)19(3)27(39-21(5)33)25-26(18(2)16-31(25,37)28(17)35)40-29(36)22-11-9-8-10-12-22/h8-14,17-18,23,25-27,37H,3,15-16H2,1-2,4-7H3/t17-,18-,23+,25+,26-,27-,31+/m0/s1. The summed E-state index contributed by atoms with van der Waals surface area (Å²) in [5.41, 5.74) is -2.89. The van der Waals surface area contributed by atoms with Crippen molar-refractivity contribution in [2.75, 3.05) is 0 Å². The van der Waals surface area contributed by atoms with Crippen molar-refractivity contribution in [2.24, 2.45) is 23.2 Å². The molecule has 3 rings (SSSR count). The molecule has 0 heterocycles. The first-order valence-corrected chi connectivity index (χ1v) is 13.4. The molecule has 9 heteroatoms. The highest BCUT2D eigenvalue weighted by molar-refractivity contribution is 5.93. The number of ether oxygens (including phenoxy) is 3. The number of hydrogen-bond acceptors (Lipinski definition) is 9. The number of benzene rings is 1. The van der Waals surface area contributed by atoms with Gasteiger partial charge in [0.05, 0.1) is 11.5 Å². The van der Waals surface area contributed by atoms with Crippen LogP contribution in [0.2, 0.25) is 0 Å². The van der Waals surface area contributed by atoms with Crippen molar-refractivity contribution in [3.63, 3.8) is 0 Å². The predicted octanol–water partition coefficient (Wildman–Crippen LogP) is 3.78. The van der Waals surface area contributed by atoms with Crippen LogP contribution in [0.5, 0.6) is 0 Å². The smallest absolute Gasteiger partial charge is 0.338 e. The van der Waals surface area contributed by atoms with Crippen molar-refractivity contribution in [1.29, 1.82) is 0 Å². The molecule has 1 aromatic carbocycles. The number of esters is 3. The number of aliphatic hydroxyl groups is 1. The maximum absolute atomic E-state index is 13.9. The van der Waals surface area contributed by atoms with Gasteiger partial charge in [-0.05, 0) is 38.3 Å². The third kappa shape index (κ3) is 6.41. The lowest BCUT2D eigenvalue weighted by molar-refractivity contribution is -0.166. The topological polar surface area (TPSA) is 133 Å². The summed E-state index contributed by atoms with van der Waals surface area (Å²) < 4.78 is 17.1. The second-order valence-electron chi connectivity index (χ2n) is 11.4. The number of Topliss-reactive ketones (excluding diaryl/α,β-unsaturated/α-hetero) is 2. The van der Waals surface area contributed by atoms with E-state index in [0.717, 1.165) is 6.92 Å². The van der Waals surface area contributed by atoms with Gasteiger partial charge < -0.3 is 19.3 Å². The van der Waals surface area contributed by atoms with Crippen LogP contribution in [0.15, 0.2) is 54.6 Å². The molecule has 0 aromatic heterocycles. The third-order valence-corrected chi connectivity index (χ3v) is 7.79. The van der Waals surface area contributed by atoms with Crippen molar-refractivity contribution >= 4 is 29.5 Å².